The van der Waals surface area contributed by atoms with Gasteiger partial charge < -0.3 is 4.57 Å². The molecule has 0 atom stereocenters. The first-order chi connectivity index (χ1) is 8.95. The summed E-state index contributed by atoms with van der Waals surface area (Å²) in [4.78, 5) is 12.9. The Labute approximate surface area is 105 Å². The molecule has 0 unspecified atom stereocenters. The summed E-state index contributed by atoms with van der Waals surface area (Å²) in [6.07, 6.45) is 9.06. The van der Waals surface area contributed by atoms with Crippen LogP contribution in [0.2, 0.25) is 0 Å². The summed E-state index contributed by atoms with van der Waals surface area (Å²) in [5, 5.41) is 0. The first-order valence-corrected chi connectivity index (χ1v) is 5.74. The summed E-state index contributed by atoms with van der Waals surface area (Å²) in [5.74, 6) is 0. The first-order valence-electron chi connectivity index (χ1n) is 5.74. The molecule has 0 bridgehead atoms. The van der Waals surface area contributed by atoms with Gasteiger partial charge in [0.1, 0.15) is 6.04 Å². The molecule has 18 heavy (non-hydrogen) atoms. The average molecular weight is 236 g/mol. The fourth-order valence-corrected chi connectivity index (χ4v) is 1.95. The first kappa shape index (κ1) is 10.7. The van der Waals surface area contributed by atoms with E-state index in [2.05, 4.69) is 15.0 Å². The van der Waals surface area contributed by atoms with E-state index < -0.39 is 0 Å². The predicted octanol–water partition coefficient (Wildman–Crippen LogP) is 2.31. The van der Waals surface area contributed by atoms with Crippen molar-refractivity contribution in [1.82, 2.24) is 19.5 Å². The molecule has 3 aromatic heterocycles. The van der Waals surface area contributed by atoms with Gasteiger partial charge in [-0.3, -0.25) is 9.97 Å². The van der Waals surface area contributed by atoms with Crippen molar-refractivity contribution in [1.29, 1.82) is 0 Å². The fourth-order valence-electron chi connectivity index (χ4n) is 1.95. The number of nitrogens with zero attached hydrogens (tertiary/aromatic N) is 4. The Bertz CT molecular complexity index is 551. The number of hydrogen-bond donors (Lipinski definition) is 0. The summed E-state index contributed by atoms with van der Waals surface area (Å²) in [6, 6.07) is 11.7. The smallest absolute Gasteiger partial charge is 0.119 e. The molecule has 88 valence electrons. The monoisotopic (exact) mass is 236 g/mol. The minimum atomic E-state index is -0.0325. The Morgan fingerprint density at radius 3 is 1.94 bits per heavy atom. The Hall–Kier alpha value is -2.49. The maximum absolute atomic E-state index is 4.42. The molecule has 0 fully saturated rings. The molecule has 4 heteroatoms. The second-order valence-corrected chi connectivity index (χ2v) is 3.92. The Balaban J connectivity index is 2.11. The minimum Gasteiger partial charge on any atom is -0.323 e. The van der Waals surface area contributed by atoms with Crippen LogP contribution in [0, 0.1) is 0 Å². The van der Waals surface area contributed by atoms with Crippen LogP contribution in [-0.4, -0.2) is 19.5 Å². The van der Waals surface area contributed by atoms with E-state index in [1.54, 1.807) is 24.9 Å². The second kappa shape index (κ2) is 4.79. The van der Waals surface area contributed by atoms with Gasteiger partial charge in [0.2, 0.25) is 0 Å². The molecule has 0 aliphatic rings. The minimum absolute atomic E-state index is 0.0325. The highest BCUT2D eigenvalue weighted by molar-refractivity contribution is 5.23. The van der Waals surface area contributed by atoms with Gasteiger partial charge in [-0.1, -0.05) is 12.1 Å². The highest BCUT2D eigenvalue weighted by atomic mass is 15.1. The lowest BCUT2D eigenvalue weighted by atomic mass is 10.1. The third-order valence-corrected chi connectivity index (χ3v) is 2.76. The van der Waals surface area contributed by atoms with Gasteiger partial charge in [0.05, 0.1) is 17.7 Å². The third-order valence-electron chi connectivity index (χ3n) is 2.76. The van der Waals surface area contributed by atoms with Crippen LogP contribution in [0.1, 0.15) is 17.4 Å². The van der Waals surface area contributed by atoms with Gasteiger partial charge in [-0.15, -0.1) is 0 Å². The standard InChI is InChI=1S/C14H12N4/c1-3-7-16-12(5-1)14(18-10-9-15-11-18)13-6-2-4-8-17-13/h1-11,14H. The highest BCUT2D eigenvalue weighted by Gasteiger charge is 2.17. The molecule has 0 radical (unpaired) electrons. The quantitative estimate of drug-likeness (QED) is 0.701. The molecule has 0 aliphatic heterocycles. The van der Waals surface area contributed by atoms with E-state index in [0.29, 0.717) is 0 Å². The molecule has 0 saturated heterocycles. The molecule has 0 amide bonds. The van der Waals surface area contributed by atoms with Crippen LogP contribution < -0.4 is 0 Å². The van der Waals surface area contributed by atoms with Crippen LogP contribution in [0.3, 0.4) is 0 Å². The molecule has 0 spiro atoms. The van der Waals surface area contributed by atoms with E-state index in [1.807, 2.05) is 47.2 Å². The molecular weight excluding hydrogens is 224 g/mol. The molecule has 4 nitrogen and oxygen atoms in total. The predicted molar refractivity (Wildman–Crippen MR) is 67.9 cm³/mol. The number of rotatable bonds is 3. The lowest BCUT2D eigenvalue weighted by Crippen LogP contribution is -2.13. The van der Waals surface area contributed by atoms with Gasteiger partial charge in [0.15, 0.2) is 0 Å². The van der Waals surface area contributed by atoms with Crippen molar-refractivity contribution in [3.05, 3.63) is 78.9 Å². The zero-order valence-electron chi connectivity index (χ0n) is 9.72. The highest BCUT2D eigenvalue weighted by Crippen LogP contribution is 2.22. The molecular formula is C14H12N4. The maximum atomic E-state index is 4.42. The Morgan fingerprint density at radius 1 is 0.833 bits per heavy atom. The molecule has 0 aromatic carbocycles. The zero-order valence-corrected chi connectivity index (χ0v) is 9.72. The largest absolute Gasteiger partial charge is 0.323 e. The summed E-state index contributed by atoms with van der Waals surface area (Å²) in [7, 11) is 0. The van der Waals surface area contributed by atoms with E-state index in [9.17, 15) is 0 Å². The molecule has 3 aromatic rings. The number of pyridine rings is 2. The van der Waals surface area contributed by atoms with Crippen LogP contribution in [0.4, 0.5) is 0 Å². The normalized spacial score (nSPS) is 10.7. The number of aromatic nitrogens is 4. The van der Waals surface area contributed by atoms with Crippen molar-refractivity contribution in [2.24, 2.45) is 0 Å². The maximum Gasteiger partial charge on any atom is 0.119 e. The summed E-state index contributed by atoms with van der Waals surface area (Å²) >= 11 is 0. The van der Waals surface area contributed by atoms with Gasteiger partial charge in [-0.2, -0.15) is 0 Å². The fraction of sp³-hybridized carbons (Fsp3) is 0.0714. The van der Waals surface area contributed by atoms with Crippen molar-refractivity contribution in [2.45, 2.75) is 6.04 Å². The molecule has 0 aliphatic carbocycles. The molecule has 0 saturated carbocycles. The van der Waals surface area contributed by atoms with Crippen LogP contribution in [0.5, 0.6) is 0 Å². The van der Waals surface area contributed by atoms with Crippen molar-refractivity contribution in [3.8, 4) is 0 Å². The zero-order chi connectivity index (χ0) is 12.2. The second-order valence-electron chi connectivity index (χ2n) is 3.92. The van der Waals surface area contributed by atoms with E-state index in [0.717, 1.165) is 11.4 Å². The summed E-state index contributed by atoms with van der Waals surface area (Å²) in [5.41, 5.74) is 1.91. The summed E-state index contributed by atoms with van der Waals surface area (Å²) < 4.78 is 2.00. The van der Waals surface area contributed by atoms with Gasteiger partial charge in [-0.05, 0) is 24.3 Å². The molecule has 0 N–H and O–H groups in total. The van der Waals surface area contributed by atoms with Crippen molar-refractivity contribution in [3.63, 3.8) is 0 Å². The van der Waals surface area contributed by atoms with E-state index in [4.69, 9.17) is 0 Å². The van der Waals surface area contributed by atoms with E-state index >= 15 is 0 Å². The van der Waals surface area contributed by atoms with E-state index in [1.165, 1.54) is 0 Å². The van der Waals surface area contributed by atoms with Gasteiger partial charge in [0.25, 0.3) is 0 Å². The lowest BCUT2D eigenvalue weighted by Gasteiger charge is -2.17. The lowest BCUT2D eigenvalue weighted by molar-refractivity contribution is 0.639. The van der Waals surface area contributed by atoms with Crippen LogP contribution >= 0.6 is 0 Å². The van der Waals surface area contributed by atoms with Crippen LogP contribution in [0.15, 0.2) is 67.5 Å². The number of hydrogen-bond acceptors (Lipinski definition) is 3. The molecule has 3 rings (SSSR count). The third kappa shape index (κ3) is 2.00. The number of imidazole rings is 1. The van der Waals surface area contributed by atoms with Gasteiger partial charge in [0, 0.05) is 24.8 Å². The topological polar surface area (TPSA) is 43.6 Å². The molecule has 3 heterocycles. The van der Waals surface area contributed by atoms with Crippen LogP contribution in [0.25, 0.3) is 0 Å². The Kier molecular flexibility index (Phi) is 2.84. The van der Waals surface area contributed by atoms with Crippen molar-refractivity contribution in [2.75, 3.05) is 0 Å². The van der Waals surface area contributed by atoms with Crippen molar-refractivity contribution < 1.29 is 0 Å². The van der Waals surface area contributed by atoms with Gasteiger partial charge >= 0.3 is 0 Å². The Morgan fingerprint density at radius 2 is 1.50 bits per heavy atom. The van der Waals surface area contributed by atoms with Crippen LogP contribution in [-0.2, 0) is 0 Å². The average Bonchev–Trinajstić information content (AvgIpc) is 2.95. The van der Waals surface area contributed by atoms with Gasteiger partial charge in [-0.25, -0.2) is 4.98 Å². The van der Waals surface area contributed by atoms with E-state index in [-0.39, 0.29) is 6.04 Å². The SMILES string of the molecule is c1ccc(C(c2ccccn2)n2ccnc2)nc1. The summed E-state index contributed by atoms with van der Waals surface area (Å²) in [6.45, 7) is 0. The van der Waals surface area contributed by atoms with Crippen molar-refractivity contribution >= 4 is 0 Å².